The largest absolute Gasteiger partial charge is 0.480 e. The minimum absolute atomic E-state index is 0.228. The lowest BCUT2D eigenvalue weighted by Gasteiger charge is -2.28. The van der Waals surface area contributed by atoms with Crippen molar-refractivity contribution in [1.29, 1.82) is 5.26 Å². The highest BCUT2D eigenvalue weighted by Gasteiger charge is 2.33. The van der Waals surface area contributed by atoms with Gasteiger partial charge in [-0.15, -0.1) is 11.8 Å². The third-order valence-electron chi connectivity index (χ3n) is 2.81. The Labute approximate surface area is 128 Å². The second kappa shape index (κ2) is 7.14. The number of nitriles is 1. The zero-order chi connectivity index (χ0) is 16.0. The van der Waals surface area contributed by atoms with E-state index < -0.39 is 23.3 Å². The molecule has 1 aromatic carbocycles. The molecule has 0 aliphatic rings. The topological polar surface area (TPSA) is 90.2 Å². The highest BCUT2D eigenvalue weighted by atomic mass is 32.2. The van der Waals surface area contributed by atoms with Crippen LogP contribution in [0.1, 0.15) is 31.1 Å². The third-order valence-corrected chi connectivity index (χ3v) is 3.75. The van der Waals surface area contributed by atoms with Gasteiger partial charge in [0, 0.05) is 4.90 Å². The van der Waals surface area contributed by atoms with Gasteiger partial charge in [-0.05, 0) is 17.5 Å². The maximum Gasteiger partial charge on any atom is 0.326 e. The van der Waals surface area contributed by atoms with Crippen LogP contribution in [-0.2, 0) is 4.79 Å². The van der Waals surface area contributed by atoms with Gasteiger partial charge >= 0.3 is 5.97 Å². The summed E-state index contributed by atoms with van der Waals surface area (Å²) in [5.41, 5.74) is -0.218. The maximum atomic E-state index is 12.3. The summed E-state index contributed by atoms with van der Waals surface area (Å²) >= 11 is 1.25. The minimum atomic E-state index is -1.07. The summed E-state index contributed by atoms with van der Waals surface area (Å²) in [6, 6.07) is 7.86. The van der Waals surface area contributed by atoms with Gasteiger partial charge in [-0.3, -0.25) is 4.79 Å². The van der Waals surface area contributed by atoms with Crippen molar-refractivity contribution in [3.63, 3.8) is 0 Å². The SMILES string of the molecule is CC(C)(C)[C@@H](NC(=O)c1ccccc1SCC#N)C(=O)O. The van der Waals surface area contributed by atoms with E-state index in [2.05, 4.69) is 5.32 Å². The molecule has 1 amide bonds. The molecule has 1 aromatic rings. The molecule has 0 aliphatic carbocycles. The van der Waals surface area contributed by atoms with Gasteiger partial charge in [0.25, 0.3) is 5.91 Å². The number of carbonyl (C=O) groups excluding carboxylic acids is 1. The van der Waals surface area contributed by atoms with Crippen LogP contribution in [-0.4, -0.2) is 28.8 Å². The van der Waals surface area contributed by atoms with Crippen LogP contribution in [0.2, 0.25) is 0 Å². The molecule has 0 unspecified atom stereocenters. The molecule has 6 heteroatoms. The molecule has 0 radical (unpaired) electrons. The lowest BCUT2D eigenvalue weighted by Crippen LogP contribution is -2.49. The molecule has 0 saturated carbocycles. The number of amides is 1. The summed E-state index contributed by atoms with van der Waals surface area (Å²) in [5, 5.41) is 20.4. The molecular formula is C15H18N2O3S. The average molecular weight is 306 g/mol. The number of carbonyl (C=O) groups is 2. The summed E-state index contributed by atoms with van der Waals surface area (Å²) in [6.07, 6.45) is 0. The van der Waals surface area contributed by atoms with E-state index in [1.165, 1.54) is 11.8 Å². The van der Waals surface area contributed by atoms with Crippen molar-refractivity contribution in [2.45, 2.75) is 31.7 Å². The number of nitrogens with one attached hydrogen (secondary N) is 1. The second-order valence-corrected chi connectivity index (χ2v) is 6.57. The van der Waals surface area contributed by atoms with E-state index in [-0.39, 0.29) is 5.75 Å². The van der Waals surface area contributed by atoms with Crippen LogP contribution in [0.25, 0.3) is 0 Å². The van der Waals surface area contributed by atoms with Crippen molar-refractivity contribution in [3.8, 4) is 6.07 Å². The van der Waals surface area contributed by atoms with Crippen molar-refractivity contribution < 1.29 is 14.7 Å². The Kier molecular flexibility index (Phi) is 5.79. The van der Waals surface area contributed by atoms with Crippen molar-refractivity contribution in [3.05, 3.63) is 29.8 Å². The van der Waals surface area contributed by atoms with Crippen molar-refractivity contribution in [2.24, 2.45) is 5.41 Å². The van der Waals surface area contributed by atoms with Gasteiger partial charge < -0.3 is 10.4 Å². The monoisotopic (exact) mass is 306 g/mol. The number of thioether (sulfide) groups is 1. The zero-order valence-corrected chi connectivity index (χ0v) is 13.0. The number of aliphatic carboxylic acids is 1. The first-order chi connectivity index (χ1) is 9.77. The highest BCUT2D eigenvalue weighted by molar-refractivity contribution is 7.99. The number of hydrogen-bond acceptors (Lipinski definition) is 4. The molecular weight excluding hydrogens is 288 g/mol. The molecule has 0 aromatic heterocycles. The molecule has 1 rings (SSSR count). The fourth-order valence-electron chi connectivity index (χ4n) is 1.75. The molecule has 21 heavy (non-hydrogen) atoms. The third kappa shape index (κ3) is 4.80. The van der Waals surface area contributed by atoms with Crippen molar-refractivity contribution in [1.82, 2.24) is 5.32 Å². The van der Waals surface area contributed by atoms with Gasteiger partial charge in [0.15, 0.2) is 0 Å². The van der Waals surface area contributed by atoms with Crippen molar-refractivity contribution in [2.75, 3.05) is 5.75 Å². The van der Waals surface area contributed by atoms with Crippen LogP contribution in [0.4, 0.5) is 0 Å². The molecule has 0 saturated heterocycles. The fraction of sp³-hybridized carbons (Fsp3) is 0.400. The molecule has 0 aliphatic heterocycles. The fourth-order valence-corrected chi connectivity index (χ4v) is 2.46. The van der Waals surface area contributed by atoms with E-state index in [0.29, 0.717) is 10.5 Å². The van der Waals surface area contributed by atoms with Crippen LogP contribution >= 0.6 is 11.8 Å². The summed E-state index contributed by atoms with van der Waals surface area (Å²) < 4.78 is 0. The van der Waals surface area contributed by atoms with E-state index in [9.17, 15) is 14.7 Å². The lowest BCUT2D eigenvalue weighted by atomic mass is 9.86. The van der Waals surface area contributed by atoms with Crippen LogP contribution in [0, 0.1) is 16.7 Å². The predicted molar refractivity (Wildman–Crippen MR) is 81.1 cm³/mol. The number of nitrogens with zero attached hydrogens (tertiary/aromatic N) is 1. The summed E-state index contributed by atoms with van der Waals surface area (Å²) in [4.78, 5) is 24.3. The number of rotatable bonds is 5. The summed E-state index contributed by atoms with van der Waals surface area (Å²) in [5.74, 6) is -1.29. The smallest absolute Gasteiger partial charge is 0.326 e. The first-order valence-electron chi connectivity index (χ1n) is 6.40. The molecule has 0 fully saturated rings. The van der Waals surface area contributed by atoms with Crippen LogP contribution < -0.4 is 5.32 Å². The van der Waals surface area contributed by atoms with Crippen LogP contribution in [0.3, 0.4) is 0 Å². The van der Waals surface area contributed by atoms with E-state index in [1.807, 2.05) is 6.07 Å². The summed E-state index contributed by atoms with van der Waals surface area (Å²) in [7, 11) is 0. The lowest BCUT2D eigenvalue weighted by molar-refractivity contribution is -0.142. The Hall–Kier alpha value is -2.00. The number of carboxylic acids is 1. The molecule has 0 bridgehead atoms. The van der Waals surface area contributed by atoms with Gasteiger partial charge in [0.1, 0.15) is 6.04 Å². The Morgan fingerprint density at radius 1 is 1.38 bits per heavy atom. The normalized spacial score (nSPS) is 12.3. The molecule has 5 nitrogen and oxygen atoms in total. The first kappa shape index (κ1) is 17.1. The number of hydrogen-bond donors (Lipinski definition) is 2. The van der Waals surface area contributed by atoms with E-state index in [1.54, 1.807) is 45.0 Å². The Balaban J connectivity index is 2.99. The predicted octanol–water partition coefficient (Wildman–Crippen LogP) is 2.53. The van der Waals surface area contributed by atoms with E-state index >= 15 is 0 Å². The number of carboxylic acid groups (broad SMARTS) is 1. The Morgan fingerprint density at radius 3 is 2.52 bits per heavy atom. The number of benzene rings is 1. The summed E-state index contributed by atoms with van der Waals surface area (Å²) in [6.45, 7) is 5.26. The Bertz CT molecular complexity index is 573. The van der Waals surface area contributed by atoms with Gasteiger partial charge in [0.2, 0.25) is 0 Å². The van der Waals surface area contributed by atoms with Gasteiger partial charge in [-0.2, -0.15) is 5.26 Å². The van der Waals surface area contributed by atoms with Gasteiger partial charge in [-0.25, -0.2) is 4.79 Å². The molecule has 1 atom stereocenters. The highest BCUT2D eigenvalue weighted by Crippen LogP contribution is 2.24. The molecule has 112 valence electrons. The second-order valence-electron chi connectivity index (χ2n) is 5.55. The zero-order valence-electron chi connectivity index (χ0n) is 12.2. The molecule has 0 spiro atoms. The van der Waals surface area contributed by atoms with Crippen molar-refractivity contribution >= 4 is 23.6 Å². The van der Waals surface area contributed by atoms with Gasteiger partial charge in [-0.1, -0.05) is 32.9 Å². The maximum absolute atomic E-state index is 12.3. The Morgan fingerprint density at radius 2 is 2.00 bits per heavy atom. The van der Waals surface area contributed by atoms with Crippen LogP contribution in [0.5, 0.6) is 0 Å². The average Bonchev–Trinajstić information content (AvgIpc) is 2.40. The quantitative estimate of drug-likeness (QED) is 0.816. The standard InChI is InChI=1S/C15H18N2O3S/c1-15(2,3)12(14(19)20)17-13(18)10-6-4-5-7-11(10)21-9-8-16/h4-7,12H,9H2,1-3H3,(H,17,18)(H,19,20)/t12-/m0/s1. The van der Waals surface area contributed by atoms with E-state index in [4.69, 9.17) is 5.26 Å². The molecule has 0 heterocycles. The van der Waals surface area contributed by atoms with E-state index in [0.717, 1.165) is 0 Å². The minimum Gasteiger partial charge on any atom is -0.480 e. The van der Waals surface area contributed by atoms with Crippen LogP contribution in [0.15, 0.2) is 29.2 Å². The van der Waals surface area contributed by atoms with Gasteiger partial charge in [0.05, 0.1) is 17.4 Å². The molecule has 2 N–H and O–H groups in total. The first-order valence-corrected chi connectivity index (χ1v) is 7.38.